The van der Waals surface area contributed by atoms with Crippen molar-refractivity contribution < 1.29 is 13.2 Å². The lowest BCUT2D eigenvalue weighted by Gasteiger charge is -2.40. The third-order valence-electron chi connectivity index (χ3n) is 4.16. The summed E-state index contributed by atoms with van der Waals surface area (Å²) >= 11 is 0. The first-order valence-electron chi connectivity index (χ1n) is 7.42. The van der Waals surface area contributed by atoms with E-state index in [9.17, 15) is 13.2 Å². The van der Waals surface area contributed by atoms with Crippen LogP contribution in [0.1, 0.15) is 37.4 Å². The minimum absolute atomic E-state index is 0.141. The number of benzene rings is 1. The van der Waals surface area contributed by atoms with Gasteiger partial charge in [0.2, 0.25) is 0 Å². The molecule has 3 atom stereocenters. The van der Waals surface area contributed by atoms with Gasteiger partial charge in [-0.3, -0.25) is 4.90 Å². The third kappa shape index (κ3) is 3.98. The Bertz CT molecular complexity index is 463. The number of nitrogens with zero attached hydrogens (tertiary/aromatic N) is 1. The van der Waals surface area contributed by atoms with Gasteiger partial charge in [-0.15, -0.1) is 0 Å². The summed E-state index contributed by atoms with van der Waals surface area (Å²) in [5.41, 5.74) is 5.92. The van der Waals surface area contributed by atoms with Crippen molar-refractivity contribution in [1.82, 2.24) is 4.90 Å². The number of alkyl halides is 3. The van der Waals surface area contributed by atoms with E-state index in [1.165, 1.54) is 12.1 Å². The fourth-order valence-corrected chi connectivity index (χ4v) is 3.38. The van der Waals surface area contributed by atoms with Crippen molar-refractivity contribution in [2.75, 3.05) is 19.6 Å². The number of likely N-dealkylation sites (tertiary alicyclic amines) is 1. The van der Waals surface area contributed by atoms with Crippen LogP contribution in [0.2, 0.25) is 0 Å². The lowest BCUT2D eigenvalue weighted by molar-refractivity contribution is -0.137. The molecule has 1 heterocycles. The van der Waals surface area contributed by atoms with E-state index in [1.807, 2.05) is 0 Å². The van der Waals surface area contributed by atoms with Crippen LogP contribution in [0.3, 0.4) is 0 Å². The van der Waals surface area contributed by atoms with E-state index in [1.54, 1.807) is 6.07 Å². The number of rotatable bonds is 3. The molecule has 1 fully saturated rings. The van der Waals surface area contributed by atoms with Gasteiger partial charge in [-0.25, -0.2) is 0 Å². The molecule has 0 aromatic heterocycles. The molecule has 3 unspecified atom stereocenters. The van der Waals surface area contributed by atoms with Crippen LogP contribution >= 0.6 is 0 Å². The molecule has 2 N–H and O–H groups in total. The number of nitrogens with two attached hydrogens (primary N) is 1. The van der Waals surface area contributed by atoms with E-state index in [0.29, 0.717) is 23.9 Å². The second-order valence-corrected chi connectivity index (χ2v) is 6.27. The Morgan fingerprint density at radius 2 is 1.86 bits per heavy atom. The highest BCUT2D eigenvalue weighted by molar-refractivity contribution is 5.28. The zero-order valence-electron chi connectivity index (χ0n) is 12.5. The van der Waals surface area contributed by atoms with Gasteiger partial charge in [0.15, 0.2) is 0 Å². The molecule has 2 nitrogen and oxygen atoms in total. The number of halogens is 3. The summed E-state index contributed by atoms with van der Waals surface area (Å²) in [6.07, 6.45) is -3.14. The lowest BCUT2D eigenvalue weighted by Crippen LogP contribution is -2.43. The molecule has 2 rings (SSSR count). The predicted octanol–water partition coefficient (Wildman–Crippen LogP) is 3.68. The van der Waals surface area contributed by atoms with E-state index in [4.69, 9.17) is 5.73 Å². The minimum Gasteiger partial charge on any atom is -0.329 e. The van der Waals surface area contributed by atoms with Crippen molar-refractivity contribution in [2.24, 2.45) is 17.6 Å². The van der Waals surface area contributed by atoms with Gasteiger partial charge in [0.05, 0.1) is 5.56 Å². The van der Waals surface area contributed by atoms with E-state index in [2.05, 4.69) is 18.7 Å². The van der Waals surface area contributed by atoms with Crippen molar-refractivity contribution in [3.8, 4) is 0 Å². The molecule has 1 aromatic rings. The normalized spacial score (nSPS) is 25.8. The molecule has 1 aliphatic rings. The van der Waals surface area contributed by atoms with Gasteiger partial charge in [-0.1, -0.05) is 26.0 Å². The van der Waals surface area contributed by atoms with E-state index < -0.39 is 11.7 Å². The molecular formula is C16H23F3N2. The molecule has 1 aliphatic heterocycles. The van der Waals surface area contributed by atoms with Crippen molar-refractivity contribution >= 4 is 0 Å². The second kappa shape index (κ2) is 6.36. The first-order valence-corrected chi connectivity index (χ1v) is 7.42. The van der Waals surface area contributed by atoms with Gasteiger partial charge in [0.25, 0.3) is 0 Å². The molecule has 1 saturated heterocycles. The van der Waals surface area contributed by atoms with Crippen LogP contribution in [0.5, 0.6) is 0 Å². The van der Waals surface area contributed by atoms with Crippen molar-refractivity contribution in [1.29, 1.82) is 0 Å². The van der Waals surface area contributed by atoms with Crippen LogP contribution in [-0.2, 0) is 6.18 Å². The molecule has 0 spiro atoms. The molecular weight excluding hydrogens is 277 g/mol. The van der Waals surface area contributed by atoms with Gasteiger partial charge in [0.1, 0.15) is 0 Å². The summed E-state index contributed by atoms with van der Waals surface area (Å²) in [6.45, 7) is 6.48. The van der Waals surface area contributed by atoms with Crippen LogP contribution in [0.25, 0.3) is 0 Å². The highest BCUT2D eigenvalue weighted by Crippen LogP contribution is 2.33. The summed E-state index contributed by atoms with van der Waals surface area (Å²) in [6, 6.07) is 5.42. The van der Waals surface area contributed by atoms with Crippen LogP contribution < -0.4 is 5.73 Å². The van der Waals surface area contributed by atoms with Gasteiger partial charge < -0.3 is 5.73 Å². The van der Waals surface area contributed by atoms with Gasteiger partial charge >= 0.3 is 6.18 Å². The Kier molecular flexibility index (Phi) is 4.94. The van der Waals surface area contributed by atoms with E-state index in [-0.39, 0.29) is 6.04 Å². The van der Waals surface area contributed by atoms with Crippen LogP contribution in [0.15, 0.2) is 24.3 Å². The van der Waals surface area contributed by atoms with E-state index >= 15 is 0 Å². The zero-order valence-corrected chi connectivity index (χ0v) is 12.5. The quantitative estimate of drug-likeness (QED) is 0.922. The average Bonchev–Trinajstić information content (AvgIpc) is 2.38. The molecule has 0 aliphatic carbocycles. The van der Waals surface area contributed by atoms with Crippen LogP contribution in [0.4, 0.5) is 13.2 Å². The monoisotopic (exact) mass is 300 g/mol. The summed E-state index contributed by atoms with van der Waals surface area (Å²) in [5.74, 6) is 1.10. The molecule has 5 heteroatoms. The van der Waals surface area contributed by atoms with Gasteiger partial charge in [-0.2, -0.15) is 13.2 Å². The SMILES string of the molecule is CC1CC(C)CN(C(CN)c2cccc(C(F)(F)F)c2)C1. The summed E-state index contributed by atoms with van der Waals surface area (Å²) in [5, 5.41) is 0. The molecule has 21 heavy (non-hydrogen) atoms. The van der Waals surface area contributed by atoms with E-state index in [0.717, 1.165) is 25.6 Å². The number of hydrogen-bond donors (Lipinski definition) is 1. The molecule has 0 amide bonds. The van der Waals surface area contributed by atoms with Gasteiger partial charge in [0, 0.05) is 25.7 Å². The standard InChI is InChI=1S/C16H23F3N2/c1-11-6-12(2)10-21(9-11)15(8-20)13-4-3-5-14(7-13)16(17,18)19/h3-5,7,11-12,15H,6,8-10,20H2,1-2H3. The Balaban J connectivity index is 2.25. The Morgan fingerprint density at radius 3 is 2.38 bits per heavy atom. The minimum atomic E-state index is -4.31. The predicted molar refractivity (Wildman–Crippen MR) is 77.8 cm³/mol. The van der Waals surface area contributed by atoms with Crippen LogP contribution in [0, 0.1) is 11.8 Å². The summed E-state index contributed by atoms with van der Waals surface area (Å²) < 4.78 is 38.6. The summed E-state index contributed by atoms with van der Waals surface area (Å²) in [4.78, 5) is 2.23. The molecule has 118 valence electrons. The molecule has 0 radical (unpaired) electrons. The zero-order chi connectivity index (χ0) is 15.6. The number of hydrogen-bond acceptors (Lipinski definition) is 2. The third-order valence-corrected chi connectivity index (χ3v) is 4.16. The fourth-order valence-electron chi connectivity index (χ4n) is 3.38. The summed E-state index contributed by atoms with van der Waals surface area (Å²) in [7, 11) is 0. The average molecular weight is 300 g/mol. The lowest BCUT2D eigenvalue weighted by atomic mass is 9.89. The maximum absolute atomic E-state index is 12.9. The first kappa shape index (κ1) is 16.3. The second-order valence-electron chi connectivity index (χ2n) is 6.27. The maximum Gasteiger partial charge on any atom is 0.416 e. The highest BCUT2D eigenvalue weighted by Gasteiger charge is 2.32. The fraction of sp³-hybridized carbons (Fsp3) is 0.625. The topological polar surface area (TPSA) is 29.3 Å². The molecule has 0 saturated carbocycles. The molecule has 1 aromatic carbocycles. The first-order chi connectivity index (χ1) is 9.81. The maximum atomic E-state index is 12.9. The Labute approximate surface area is 124 Å². The van der Waals surface area contributed by atoms with Gasteiger partial charge in [-0.05, 0) is 36.0 Å². The van der Waals surface area contributed by atoms with Crippen molar-refractivity contribution in [3.63, 3.8) is 0 Å². The van der Waals surface area contributed by atoms with Crippen molar-refractivity contribution in [3.05, 3.63) is 35.4 Å². The number of piperidine rings is 1. The molecule has 0 bridgehead atoms. The smallest absolute Gasteiger partial charge is 0.329 e. The Hall–Kier alpha value is -1.07. The van der Waals surface area contributed by atoms with Crippen LogP contribution in [-0.4, -0.2) is 24.5 Å². The Morgan fingerprint density at radius 1 is 1.24 bits per heavy atom. The van der Waals surface area contributed by atoms with Crippen molar-refractivity contribution in [2.45, 2.75) is 32.5 Å². The highest BCUT2D eigenvalue weighted by atomic mass is 19.4. The largest absolute Gasteiger partial charge is 0.416 e.